The number of benzene rings is 1. The van der Waals surface area contributed by atoms with Crippen molar-refractivity contribution in [3.05, 3.63) is 51.7 Å². The summed E-state index contributed by atoms with van der Waals surface area (Å²) in [7, 11) is 0. The van der Waals surface area contributed by atoms with Crippen LogP contribution in [-0.4, -0.2) is 0 Å². The van der Waals surface area contributed by atoms with Crippen LogP contribution in [0.15, 0.2) is 36.4 Å². The van der Waals surface area contributed by atoms with Crippen LogP contribution in [0.4, 0.5) is 18.9 Å². The van der Waals surface area contributed by atoms with Crippen molar-refractivity contribution in [2.24, 2.45) is 0 Å². The minimum atomic E-state index is -4.32. The summed E-state index contributed by atoms with van der Waals surface area (Å²) < 4.78 is 38.2. The molecule has 2 rings (SSSR count). The van der Waals surface area contributed by atoms with Crippen molar-refractivity contribution in [2.75, 3.05) is 5.32 Å². The number of anilines is 1. The molecule has 0 radical (unpaired) electrons. The molecule has 1 nitrogen and oxygen atoms in total. The van der Waals surface area contributed by atoms with Crippen molar-refractivity contribution in [1.82, 2.24) is 0 Å². The molecule has 0 aliphatic rings. The average molecular weight is 271 g/mol. The number of aryl methyl sites for hydroxylation is 1. The van der Waals surface area contributed by atoms with E-state index < -0.39 is 11.7 Å². The van der Waals surface area contributed by atoms with E-state index in [1.807, 2.05) is 19.1 Å². The monoisotopic (exact) mass is 271 g/mol. The molecular weight excluding hydrogens is 259 g/mol. The van der Waals surface area contributed by atoms with Crippen LogP contribution in [0, 0.1) is 6.92 Å². The Morgan fingerprint density at radius 3 is 2.44 bits per heavy atom. The minimum absolute atomic E-state index is 0.121. The lowest BCUT2D eigenvalue weighted by Crippen LogP contribution is -2.10. The lowest BCUT2D eigenvalue weighted by molar-refractivity contribution is -0.136. The predicted molar refractivity (Wildman–Crippen MR) is 67.8 cm³/mol. The number of hydrogen-bond acceptors (Lipinski definition) is 2. The first-order valence-electron chi connectivity index (χ1n) is 5.42. The van der Waals surface area contributed by atoms with Gasteiger partial charge < -0.3 is 5.32 Å². The van der Waals surface area contributed by atoms with E-state index in [0.717, 1.165) is 15.8 Å². The summed E-state index contributed by atoms with van der Waals surface area (Å²) in [6.45, 7) is 2.38. The quantitative estimate of drug-likeness (QED) is 0.854. The van der Waals surface area contributed by atoms with Crippen LogP contribution < -0.4 is 5.32 Å². The second kappa shape index (κ2) is 5.02. The largest absolute Gasteiger partial charge is 0.418 e. The highest BCUT2D eigenvalue weighted by molar-refractivity contribution is 7.11. The molecule has 0 aliphatic heterocycles. The molecular formula is C13H12F3NS. The van der Waals surface area contributed by atoms with Crippen molar-refractivity contribution in [2.45, 2.75) is 19.6 Å². The van der Waals surface area contributed by atoms with E-state index in [-0.39, 0.29) is 5.69 Å². The fourth-order valence-electron chi connectivity index (χ4n) is 1.65. The van der Waals surface area contributed by atoms with Gasteiger partial charge in [-0.1, -0.05) is 12.1 Å². The van der Waals surface area contributed by atoms with E-state index in [2.05, 4.69) is 5.32 Å². The van der Waals surface area contributed by atoms with Gasteiger partial charge in [0.05, 0.1) is 5.56 Å². The number of thiophene rings is 1. The number of nitrogens with one attached hydrogen (secondary N) is 1. The van der Waals surface area contributed by atoms with Gasteiger partial charge in [-0.15, -0.1) is 11.3 Å². The van der Waals surface area contributed by atoms with E-state index >= 15 is 0 Å². The Labute approximate surface area is 107 Å². The highest BCUT2D eigenvalue weighted by Gasteiger charge is 2.32. The van der Waals surface area contributed by atoms with Crippen molar-refractivity contribution in [3.63, 3.8) is 0 Å². The second-order valence-corrected chi connectivity index (χ2v) is 5.28. The molecule has 0 spiro atoms. The molecule has 1 N–H and O–H groups in total. The lowest BCUT2D eigenvalue weighted by atomic mass is 10.1. The second-order valence-electron chi connectivity index (χ2n) is 3.91. The zero-order valence-electron chi connectivity index (χ0n) is 9.71. The van der Waals surface area contributed by atoms with E-state index in [1.54, 1.807) is 17.4 Å². The van der Waals surface area contributed by atoms with Crippen LogP contribution in [0.2, 0.25) is 0 Å². The molecule has 5 heteroatoms. The Morgan fingerprint density at radius 2 is 1.83 bits per heavy atom. The maximum atomic E-state index is 12.7. The zero-order valence-corrected chi connectivity index (χ0v) is 10.5. The van der Waals surface area contributed by atoms with Crippen molar-refractivity contribution in [1.29, 1.82) is 0 Å². The van der Waals surface area contributed by atoms with Crippen LogP contribution >= 0.6 is 11.3 Å². The summed E-state index contributed by atoms with van der Waals surface area (Å²) >= 11 is 1.58. The van der Waals surface area contributed by atoms with Crippen LogP contribution in [0.25, 0.3) is 0 Å². The van der Waals surface area contributed by atoms with Gasteiger partial charge in [0.1, 0.15) is 0 Å². The van der Waals surface area contributed by atoms with Crippen LogP contribution in [0.1, 0.15) is 15.3 Å². The summed E-state index contributed by atoms with van der Waals surface area (Å²) in [5, 5.41) is 2.84. The molecule has 0 fully saturated rings. The Hall–Kier alpha value is -1.49. The molecule has 96 valence electrons. The van der Waals surface area contributed by atoms with Gasteiger partial charge >= 0.3 is 6.18 Å². The van der Waals surface area contributed by atoms with Gasteiger partial charge in [0, 0.05) is 22.0 Å². The molecule has 0 saturated heterocycles. The molecule has 0 atom stereocenters. The van der Waals surface area contributed by atoms with Crippen molar-refractivity contribution in [3.8, 4) is 0 Å². The SMILES string of the molecule is Cc1ccc(CNc2ccccc2C(F)(F)F)s1. The normalized spacial score (nSPS) is 11.6. The fourth-order valence-corrected chi connectivity index (χ4v) is 2.48. The van der Waals surface area contributed by atoms with E-state index in [1.165, 1.54) is 12.1 Å². The first-order valence-corrected chi connectivity index (χ1v) is 6.24. The molecule has 2 aromatic rings. The maximum absolute atomic E-state index is 12.7. The molecule has 0 amide bonds. The Bertz CT molecular complexity index is 531. The third-order valence-corrected chi connectivity index (χ3v) is 3.48. The Balaban J connectivity index is 2.14. The van der Waals surface area contributed by atoms with Gasteiger partial charge in [-0.05, 0) is 31.2 Å². The zero-order chi connectivity index (χ0) is 13.2. The van der Waals surface area contributed by atoms with Gasteiger partial charge in [-0.25, -0.2) is 0 Å². The molecule has 0 unspecified atom stereocenters. The third kappa shape index (κ3) is 3.04. The number of rotatable bonds is 3. The summed E-state index contributed by atoms with van der Waals surface area (Å²) in [5.74, 6) is 0. The molecule has 0 aliphatic carbocycles. The Kier molecular flexibility index (Phi) is 3.61. The topological polar surface area (TPSA) is 12.0 Å². The van der Waals surface area contributed by atoms with E-state index in [9.17, 15) is 13.2 Å². The predicted octanol–water partition coefficient (Wildman–Crippen LogP) is 4.69. The highest BCUT2D eigenvalue weighted by Crippen LogP contribution is 2.34. The van der Waals surface area contributed by atoms with Gasteiger partial charge in [0.15, 0.2) is 0 Å². The van der Waals surface area contributed by atoms with Crippen molar-refractivity contribution < 1.29 is 13.2 Å². The van der Waals surface area contributed by atoms with E-state index in [4.69, 9.17) is 0 Å². The van der Waals surface area contributed by atoms with E-state index in [0.29, 0.717) is 6.54 Å². The smallest absolute Gasteiger partial charge is 0.380 e. The van der Waals surface area contributed by atoms with Crippen LogP contribution in [-0.2, 0) is 12.7 Å². The third-order valence-electron chi connectivity index (χ3n) is 2.48. The maximum Gasteiger partial charge on any atom is 0.418 e. The molecule has 0 saturated carbocycles. The van der Waals surface area contributed by atoms with Crippen LogP contribution in [0.3, 0.4) is 0 Å². The van der Waals surface area contributed by atoms with Gasteiger partial charge in [0.25, 0.3) is 0 Å². The summed E-state index contributed by atoms with van der Waals surface area (Å²) in [6, 6.07) is 9.40. The first-order chi connectivity index (χ1) is 8.47. The van der Waals surface area contributed by atoms with Gasteiger partial charge in [-0.2, -0.15) is 13.2 Å². The van der Waals surface area contributed by atoms with Gasteiger partial charge in [-0.3, -0.25) is 0 Å². The van der Waals surface area contributed by atoms with Crippen LogP contribution in [0.5, 0.6) is 0 Å². The molecule has 1 heterocycles. The molecule has 1 aromatic heterocycles. The van der Waals surface area contributed by atoms with Crippen molar-refractivity contribution >= 4 is 17.0 Å². The number of alkyl halides is 3. The summed E-state index contributed by atoms with van der Waals surface area (Å²) in [5.41, 5.74) is -0.505. The fraction of sp³-hybridized carbons (Fsp3) is 0.231. The number of hydrogen-bond donors (Lipinski definition) is 1. The lowest BCUT2D eigenvalue weighted by Gasteiger charge is -2.13. The average Bonchev–Trinajstić information content (AvgIpc) is 2.72. The molecule has 0 bridgehead atoms. The molecule has 18 heavy (non-hydrogen) atoms. The molecule has 1 aromatic carbocycles. The summed E-state index contributed by atoms with van der Waals surface area (Å²) in [4.78, 5) is 2.17. The Morgan fingerprint density at radius 1 is 1.11 bits per heavy atom. The summed E-state index contributed by atoms with van der Waals surface area (Å²) in [6.07, 6.45) is -4.32. The highest BCUT2D eigenvalue weighted by atomic mass is 32.1. The van der Waals surface area contributed by atoms with Gasteiger partial charge in [0.2, 0.25) is 0 Å². The number of para-hydroxylation sites is 1. The first kappa shape index (κ1) is 13.0. The minimum Gasteiger partial charge on any atom is -0.380 e. The standard InChI is InChI=1S/C13H12F3NS/c1-9-6-7-10(18-9)8-17-12-5-3-2-4-11(12)13(14,15)16/h2-7,17H,8H2,1H3. The number of halogens is 3.